The van der Waals surface area contributed by atoms with E-state index in [1.807, 2.05) is 11.3 Å². The summed E-state index contributed by atoms with van der Waals surface area (Å²) in [5, 5.41) is 4.85. The molecule has 1 aliphatic heterocycles. The van der Waals surface area contributed by atoms with Gasteiger partial charge in [0.1, 0.15) is 0 Å². The third kappa shape index (κ3) is 3.25. The lowest BCUT2D eigenvalue weighted by Gasteiger charge is -2.36. The van der Waals surface area contributed by atoms with E-state index >= 15 is 0 Å². The number of aryl methyl sites for hydroxylation is 1. The Labute approximate surface area is 132 Å². The number of hydrogen-bond acceptors (Lipinski definition) is 5. The van der Waals surface area contributed by atoms with Crippen LogP contribution in [0, 0.1) is 0 Å². The zero-order valence-corrected chi connectivity index (χ0v) is 14.4. The molecule has 0 radical (unpaired) electrons. The third-order valence-electron chi connectivity index (χ3n) is 4.71. The molecule has 118 valence electrons. The molecule has 1 aromatic rings. The monoisotopic (exact) mass is 308 g/mol. The molecule has 1 aromatic heterocycles. The number of anilines is 1. The molecule has 2 heterocycles. The molecule has 5 heteroatoms. The third-order valence-corrected chi connectivity index (χ3v) is 5.90. The van der Waals surface area contributed by atoms with Crippen LogP contribution in [-0.2, 0) is 6.42 Å². The highest BCUT2D eigenvalue weighted by Gasteiger charge is 2.27. The number of nitrogens with one attached hydrogen (secondary N) is 1. The first-order valence-corrected chi connectivity index (χ1v) is 9.22. The van der Waals surface area contributed by atoms with Crippen molar-refractivity contribution in [3.8, 4) is 0 Å². The number of rotatable bonds is 4. The van der Waals surface area contributed by atoms with Crippen molar-refractivity contribution >= 4 is 16.5 Å². The van der Waals surface area contributed by atoms with Crippen LogP contribution in [0.4, 0.5) is 5.13 Å². The lowest BCUT2D eigenvalue weighted by molar-refractivity contribution is 0.209. The average molecular weight is 308 g/mol. The quantitative estimate of drug-likeness (QED) is 0.926. The minimum atomic E-state index is 0.487. The van der Waals surface area contributed by atoms with Gasteiger partial charge >= 0.3 is 0 Å². The normalized spacial score (nSPS) is 23.6. The first-order valence-electron chi connectivity index (χ1n) is 8.41. The molecule has 4 nitrogen and oxygen atoms in total. The highest BCUT2D eigenvalue weighted by Crippen LogP contribution is 2.37. The smallest absolute Gasteiger partial charge is 0.185 e. The predicted molar refractivity (Wildman–Crippen MR) is 90.4 cm³/mol. The zero-order chi connectivity index (χ0) is 14.8. The second kappa shape index (κ2) is 6.63. The van der Waals surface area contributed by atoms with Crippen LogP contribution in [0.1, 0.15) is 50.2 Å². The zero-order valence-electron chi connectivity index (χ0n) is 13.6. The standard InChI is InChI=1S/C16H28N4S/c1-4-17-13-6-5-7-14-15(13)18-16(21-14)20-10-8-19(9-11-20)12(2)3/h12-13,17H,4-11H2,1-3H3. The predicted octanol–water partition coefficient (Wildman–Crippen LogP) is 2.66. The molecule has 3 rings (SSSR count). The van der Waals surface area contributed by atoms with Gasteiger partial charge in [0.05, 0.1) is 11.7 Å². The van der Waals surface area contributed by atoms with Gasteiger partial charge in [0.15, 0.2) is 5.13 Å². The van der Waals surface area contributed by atoms with Crippen molar-refractivity contribution in [2.75, 3.05) is 37.6 Å². The molecular weight excluding hydrogens is 280 g/mol. The van der Waals surface area contributed by atoms with Crippen LogP contribution in [0.5, 0.6) is 0 Å². The Morgan fingerprint density at radius 2 is 2.05 bits per heavy atom. The van der Waals surface area contributed by atoms with E-state index in [9.17, 15) is 0 Å². The largest absolute Gasteiger partial charge is 0.346 e. The topological polar surface area (TPSA) is 31.4 Å². The van der Waals surface area contributed by atoms with Gasteiger partial charge in [0.25, 0.3) is 0 Å². The minimum Gasteiger partial charge on any atom is -0.346 e. The molecule has 21 heavy (non-hydrogen) atoms. The molecule has 1 atom stereocenters. The maximum Gasteiger partial charge on any atom is 0.185 e. The maximum absolute atomic E-state index is 5.01. The van der Waals surface area contributed by atoms with E-state index in [-0.39, 0.29) is 0 Å². The lowest BCUT2D eigenvalue weighted by atomic mass is 9.98. The highest BCUT2D eigenvalue weighted by atomic mass is 32.1. The van der Waals surface area contributed by atoms with E-state index in [4.69, 9.17) is 4.98 Å². The summed E-state index contributed by atoms with van der Waals surface area (Å²) in [5.41, 5.74) is 1.34. The van der Waals surface area contributed by atoms with Gasteiger partial charge in [-0.1, -0.05) is 6.92 Å². The van der Waals surface area contributed by atoms with Gasteiger partial charge in [-0.25, -0.2) is 4.98 Å². The minimum absolute atomic E-state index is 0.487. The number of fused-ring (bicyclic) bond motifs is 1. The van der Waals surface area contributed by atoms with E-state index in [2.05, 4.69) is 35.9 Å². The van der Waals surface area contributed by atoms with Crippen molar-refractivity contribution in [1.82, 2.24) is 15.2 Å². The van der Waals surface area contributed by atoms with Gasteiger partial charge in [0, 0.05) is 37.1 Å². The molecule has 1 saturated heterocycles. The fourth-order valence-corrected chi connectivity index (χ4v) is 4.63. The molecule has 1 fully saturated rings. The fraction of sp³-hybridized carbons (Fsp3) is 0.812. The summed E-state index contributed by atoms with van der Waals surface area (Å²) in [6.45, 7) is 12.4. The van der Waals surface area contributed by atoms with Crippen molar-refractivity contribution in [3.05, 3.63) is 10.6 Å². The maximum atomic E-state index is 5.01. The number of aromatic nitrogens is 1. The van der Waals surface area contributed by atoms with Gasteiger partial charge in [0.2, 0.25) is 0 Å². The second-order valence-corrected chi connectivity index (χ2v) is 7.49. The van der Waals surface area contributed by atoms with Crippen LogP contribution in [-0.4, -0.2) is 48.6 Å². The van der Waals surface area contributed by atoms with E-state index < -0.39 is 0 Å². The van der Waals surface area contributed by atoms with Gasteiger partial charge in [-0.15, -0.1) is 11.3 Å². The van der Waals surface area contributed by atoms with Gasteiger partial charge in [-0.2, -0.15) is 0 Å². The first-order chi connectivity index (χ1) is 10.2. The summed E-state index contributed by atoms with van der Waals surface area (Å²) >= 11 is 1.94. The summed E-state index contributed by atoms with van der Waals surface area (Å²) in [6, 6.07) is 1.15. The Morgan fingerprint density at radius 3 is 2.71 bits per heavy atom. The van der Waals surface area contributed by atoms with Gasteiger partial charge in [-0.05, 0) is 39.7 Å². The van der Waals surface area contributed by atoms with E-state index in [1.165, 1.54) is 48.1 Å². The van der Waals surface area contributed by atoms with Crippen molar-refractivity contribution in [1.29, 1.82) is 0 Å². The molecule has 0 amide bonds. The molecule has 2 aliphatic rings. The summed E-state index contributed by atoms with van der Waals surface area (Å²) in [7, 11) is 0. The van der Waals surface area contributed by atoms with E-state index in [1.54, 1.807) is 0 Å². The summed E-state index contributed by atoms with van der Waals surface area (Å²) < 4.78 is 0. The van der Waals surface area contributed by atoms with Crippen LogP contribution in [0.25, 0.3) is 0 Å². The molecule has 0 bridgehead atoms. The summed E-state index contributed by atoms with van der Waals surface area (Å²) in [6.07, 6.45) is 3.76. The molecule has 1 aliphatic carbocycles. The molecule has 0 aromatic carbocycles. The van der Waals surface area contributed by atoms with Crippen molar-refractivity contribution in [2.45, 2.75) is 52.1 Å². The van der Waals surface area contributed by atoms with Crippen molar-refractivity contribution in [3.63, 3.8) is 0 Å². The Morgan fingerprint density at radius 1 is 1.29 bits per heavy atom. The number of piperazine rings is 1. The number of hydrogen-bond donors (Lipinski definition) is 1. The van der Waals surface area contributed by atoms with Crippen LogP contribution >= 0.6 is 11.3 Å². The Bertz CT molecular complexity index is 463. The van der Waals surface area contributed by atoms with Gasteiger partial charge < -0.3 is 10.2 Å². The van der Waals surface area contributed by atoms with Gasteiger partial charge in [-0.3, -0.25) is 4.90 Å². The molecule has 0 saturated carbocycles. The molecule has 1 N–H and O–H groups in total. The second-order valence-electron chi connectivity index (χ2n) is 6.42. The SMILES string of the molecule is CCNC1CCCc2sc(N3CCN(C(C)C)CC3)nc21. The lowest BCUT2D eigenvalue weighted by Crippen LogP contribution is -2.48. The van der Waals surface area contributed by atoms with Crippen LogP contribution in [0.15, 0.2) is 0 Å². The van der Waals surface area contributed by atoms with Crippen molar-refractivity contribution < 1.29 is 0 Å². The number of nitrogens with zero attached hydrogens (tertiary/aromatic N) is 3. The molecule has 1 unspecified atom stereocenters. The van der Waals surface area contributed by atoms with E-state index in [0.29, 0.717) is 12.1 Å². The highest BCUT2D eigenvalue weighted by molar-refractivity contribution is 7.15. The fourth-order valence-electron chi connectivity index (χ4n) is 3.42. The Hall–Kier alpha value is -0.650. The molecule has 0 spiro atoms. The molecular formula is C16H28N4S. The van der Waals surface area contributed by atoms with Crippen LogP contribution < -0.4 is 10.2 Å². The van der Waals surface area contributed by atoms with Crippen molar-refractivity contribution in [2.24, 2.45) is 0 Å². The Balaban J connectivity index is 1.70. The van der Waals surface area contributed by atoms with Crippen LogP contribution in [0.2, 0.25) is 0 Å². The van der Waals surface area contributed by atoms with Crippen LogP contribution in [0.3, 0.4) is 0 Å². The number of thiazole rings is 1. The Kier molecular flexibility index (Phi) is 4.82. The van der Waals surface area contributed by atoms with E-state index in [0.717, 1.165) is 19.6 Å². The summed E-state index contributed by atoms with van der Waals surface area (Å²) in [4.78, 5) is 11.6. The summed E-state index contributed by atoms with van der Waals surface area (Å²) in [5.74, 6) is 0. The average Bonchev–Trinajstić information content (AvgIpc) is 2.93. The first kappa shape index (κ1) is 15.3.